The van der Waals surface area contributed by atoms with Gasteiger partial charge in [-0.2, -0.15) is 79.0 Å². The van der Waals surface area contributed by atoms with Crippen molar-refractivity contribution in [3.05, 3.63) is 6.42 Å². The second kappa shape index (κ2) is 6.83. The molecule has 0 aliphatic rings. The lowest BCUT2D eigenvalue weighted by atomic mass is 9.83. The maximum Gasteiger partial charge on any atom is 0.438 e. The number of rotatable bonds is 7. The highest BCUT2D eigenvalue weighted by Crippen LogP contribution is 2.66. The molecule has 0 aromatic carbocycles. The van der Waals surface area contributed by atoms with Gasteiger partial charge in [0, 0.05) is 6.42 Å². The summed E-state index contributed by atoms with van der Waals surface area (Å²) in [7, 11) is 0. The summed E-state index contributed by atoms with van der Waals surface area (Å²) in [5.41, 5.74) is -8.70. The zero-order valence-electron chi connectivity index (χ0n) is 13.3. The van der Waals surface area contributed by atoms with Crippen molar-refractivity contribution in [1.29, 1.82) is 0 Å². The number of halogens is 19. The summed E-state index contributed by atoms with van der Waals surface area (Å²) < 4.78 is 244. The fourth-order valence-corrected chi connectivity index (χ4v) is 1.72. The normalized spacial score (nSPS) is 16.8. The monoisotopic (exact) mass is 497 g/mol. The van der Waals surface area contributed by atoms with E-state index in [0.717, 1.165) is 0 Å². The largest absolute Gasteiger partial charge is 0.438 e. The second-order valence-electron chi connectivity index (χ2n) is 5.44. The van der Waals surface area contributed by atoms with Gasteiger partial charge in [-0.25, -0.2) is 4.39 Å². The number of hydrogen-bond acceptors (Lipinski definition) is 0. The molecular formula is C11H4F19. The topological polar surface area (TPSA) is 0 Å². The van der Waals surface area contributed by atoms with Gasteiger partial charge in [0.15, 0.2) is 0 Å². The summed E-state index contributed by atoms with van der Waals surface area (Å²) in [5.74, 6) is -49.5. The summed E-state index contributed by atoms with van der Waals surface area (Å²) in [5, 5.41) is 0. The zero-order chi connectivity index (χ0) is 25.2. The Morgan fingerprint density at radius 3 is 0.833 bits per heavy atom. The minimum atomic E-state index is -8.97. The third kappa shape index (κ3) is 3.24. The summed E-state index contributed by atoms with van der Waals surface area (Å²) >= 11 is 0. The van der Waals surface area contributed by atoms with Crippen LogP contribution in [0.2, 0.25) is 0 Å². The standard InChI is InChI=1S/C11H4F19/c1-2-3(12,13)5(15,16)7(19,20)9(23,24)8(21,22)6(17,18)4(14,10(25,26)27)11(28,29)30/h2H,1H3. The molecule has 0 aromatic rings. The van der Waals surface area contributed by atoms with Crippen molar-refractivity contribution in [1.82, 2.24) is 0 Å². The lowest BCUT2D eigenvalue weighted by Crippen LogP contribution is -2.77. The molecule has 1 radical (unpaired) electrons. The molecule has 0 amide bonds. The van der Waals surface area contributed by atoms with Crippen LogP contribution in [0.4, 0.5) is 83.4 Å². The molecule has 30 heavy (non-hydrogen) atoms. The molecule has 0 aliphatic heterocycles. The van der Waals surface area contributed by atoms with Crippen molar-refractivity contribution in [2.45, 2.75) is 60.5 Å². The molecule has 0 unspecified atom stereocenters. The van der Waals surface area contributed by atoms with E-state index in [2.05, 4.69) is 0 Å². The Balaban J connectivity index is 7.06. The SMILES string of the molecule is C[CH]C(F)(F)C(F)(F)C(F)(F)C(F)(F)C(F)(F)C(F)(F)C(F)(C(F)(F)F)C(F)(F)F. The summed E-state index contributed by atoms with van der Waals surface area (Å²) in [4.78, 5) is 0. The Bertz CT molecular complexity index is 605. The molecule has 19 heteroatoms. The molecule has 0 nitrogen and oxygen atoms in total. The molecule has 0 aliphatic carbocycles. The van der Waals surface area contributed by atoms with Crippen molar-refractivity contribution in [3.8, 4) is 0 Å². The maximum absolute atomic E-state index is 13.2. The van der Waals surface area contributed by atoms with E-state index >= 15 is 0 Å². The van der Waals surface area contributed by atoms with Gasteiger partial charge in [-0.3, -0.25) is 0 Å². The molecule has 0 heterocycles. The molecule has 0 fully saturated rings. The summed E-state index contributed by atoms with van der Waals surface area (Å²) in [6.45, 7) is -0.269. The molecular weight excluding hydrogens is 493 g/mol. The van der Waals surface area contributed by atoms with Gasteiger partial charge < -0.3 is 0 Å². The Labute approximate surface area is 152 Å². The first-order chi connectivity index (χ1) is 12.6. The molecule has 0 N–H and O–H groups in total. The fourth-order valence-electron chi connectivity index (χ4n) is 1.72. The van der Waals surface area contributed by atoms with E-state index in [4.69, 9.17) is 0 Å². The Kier molecular flexibility index (Phi) is 6.53. The van der Waals surface area contributed by atoms with E-state index in [1.54, 1.807) is 0 Å². The summed E-state index contributed by atoms with van der Waals surface area (Å²) in [6.07, 6.45) is -17.9. The minimum Gasteiger partial charge on any atom is -0.216 e. The lowest BCUT2D eigenvalue weighted by Gasteiger charge is -2.44. The first-order valence-corrected chi connectivity index (χ1v) is 6.46. The maximum atomic E-state index is 13.2. The van der Waals surface area contributed by atoms with Gasteiger partial charge in [-0.1, -0.05) is 6.92 Å². The fraction of sp³-hybridized carbons (Fsp3) is 0.909. The lowest BCUT2D eigenvalue weighted by molar-refractivity contribution is -0.471. The van der Waals surface area contributed by atoms with Gasteiger partial charge >= 0.3 is 53.6 Å². The highest BCUT2D eigenvalue weighted by atomic mass is 19.4. The van der Waals surface area contributed by atoms with Crippen LogP contribution in [0.1, 0.15) is 6.92 Å². The van der Waals surface area contributed by atoms with E-state index in [1.165, 1.54) is 0 Å². The summed E-state index contributed by atoms with van der Waals surface area (Å²) in [6, 6.07) is 0. The van der Waals surface area contributed by atoms with Crippen LogP contribution in [0.15, 0.2) is 0 Å². The Hall–Kier alpha value is -1.33. The van der Waals surface area contributed by atoms with Crippen LogP contribution in [0.3, 0.4) is 0 Å². The average Bonchev–Trinajstić information content (AvgIpc) is 2.50. The van der Waals surface area contributed by atoms with Gasteiger partial charge in [0.2, 0.25) is 0 Å². The predicted molar refractivity (Wildman–Crippen MR) is 55.6 cm³/mol. The van der Waals surface area contributed by atoms with E-state index in [1.807, 2.05) is 0 Å². The highest BCUT2D eigenvalue weighted by Gasteiger charge is 2.98. The predicted octanol–water partition coefficient (Wildman–Crippen LogP) is 6.86. The van der Waals surface area contributed by atoms with Gasteiger partial charge in [0.05, 0.1) is 0 Å². The molecule has 0 spiro atoms. The quantitative estimate of drug-likeness (QED) is 0.338. The van der Waals surface area contributed by atoms with Crippen LogP contribution in [0, 0.1) is 6.42 Å². The second-order valence-corrected chi connectivity index (χ2v) is 5.44. The van der Waals surface area contributed by atoms with Crippen LogP contribution in [0.5, 0.6) is 0 Å². The van der Waals surface area contributed by atoms with Gasteiger partial charge in [-0.05, 0) is 0 Å². The van der Waals surface area contributed by atoms with Crippen molar-refractivity contribution < 1.29 is 83.4 Å². The van der Waals surface area contributed by atoms with Gasteiger partial charge in [0.1, 0.15) is 0 Å². The van der Waals surface area contributed by atoms with Crippen molar-refractivity contribution >= 4 is 0 Å². The van der Waals surface area contributed by atoms with Gasteiger partial charge in [-0.15, -0.1) is 0 Å². The number of hydrogen-bond donors (Lipinski definition) is 0. The van der Waals surface area contributed by atoms with E-state index in [0.29, 0.717) is 0 Å². The molecule has 0 rings (SSSR count). The van der Waals surface area contributed by atoms with Crippen molar-refractivity contribution in [3.63, 3.8) is 0 Å². The smallest absolute Gasteiger partial charge is 0.216 e. The van der Waals surface area contributed by atoms with Crippen LogP contribution in [-0.4, -0.2) is 53.6 Å². The number of alkyl halides is 19. The van der Waals surface area contributed by atoms with E-state index in [-0.39, 0.29) is 6.92 Å². The first kappa shape index (κ1) is 28.7. The molecule has 0 saturated carbocycles. The van der Waals surface area contributed by atoms with Crippen LogP contribution in [-0.2, 0) is 0 Å². The third-order valence-corrected chi connectivity index (χ3v) is 3.57. The molecule has 0 aromatic heterocycles. The Morgan fingerprint density at radius 1 is 0.367 bits per heavy atom. The zero-order valence-corrected chi connectivity index (χ0v) is 13.3. The highest BCUT2D eigenvalue weighted by molar-refractivity contribution is 5.19. The van der Waals surface area contributed by atoms with Crippen LogP contribution >= 0.6 is 0 Å². The van der Waals surface area contributed by atoms with Crippen molar-refractivity contribution in [2.24, 2.45) is 0 Å². The molecule has 181 valence electrons. The van der Waals surface area contributed by atoms with Crippen molar-refractivity contribution in [2.75, 3.05) is 0 Å². The first-order valence-electron chi connectivity index (χ1n) is 6.46. The van der Waals surface area contributed by atoms with E-state index < -0.39 is 60.0 Å². The van der Waals surface area contributed by atoms with Crippen LogP contribution < -0.4 is 0 Å². The molecule has 0 atom stereocenters. The Morgan fingerprint density at radius 2 is 0.600 bits per heavy atom. The molecule has 0 bridgehead atoms. The third-order valence-electron chi connectivity index (χ3n) is 3.57. The van der Waals surface area contributed by atoms with Crippen LogP contribution in [0.25, 0.3) is 0 Å². The minimum absolute atomic E-state index is 0.269. The van der Waals surface area contributed by atoms with Gasteiger partial charge in [0.25, 0.3) is 0 Å². The average molecular weight is 497 g/mol. The molecule has 0 saturated heterocycles. The van der Waals surface area contributed by atoms with E-state index in [9.17, 15) is 83.4 Å².